The second-order valence-electron chi connectivity index (χ2n) is 5.84. The first-order valence-electron chi connectivity index (χ1n) is 7.02. The van der Waals surface area contributed by atoms with Gasteiger partial charge in [-0.2, -0.15) is 0 Å². The summed E-state index contributed by atoms with van der Waals surface area (Å²) >= 11 is 0. The first-order chi connectivity index (χ1) is 9.04. The number of nitrogens with zero attached hydrogens (tertiary/aromatic N) is 1. The van der Waals surface area contributed by atoms with Gasteiger partial charge in [-0.15, -0.1) is 0 Å². The Morgan fingerprint density at radius 2 is 1.79 bits per heavy atom. The molecule has 1 aliphatic rings. The van der Waals surface area contributed by atoms with E-state index in [1.165, 1.54) is 5.56 Å². The van der Waals surface area contributed by atoms with E-state index in [0.29, 0.717) is 0 Å². The Hall–Kier alpha value is -1.35. The molecule has 3 nitrogen and oxygen atoms in total. The Balaban J connectivity index is 2.15. The molecule has 0 heterocycles. The molecule has 2 rings (SSSR count). The van der Waals surface area contributed by atoms with Crippen LogP contribution in [0.5, 0.6) is 0 Å². The van der Waals surface area contributed by atoms with Crippen molar-refractivity contribution in [2.24, 2.45) is 0 Å². The van der Waals surface area contributed by atoms with Crippen LogP contribution in [0.2, 0.25) is 0 Å². The van der Waals surface area contributed by atoms with Crippen LogP contribution in [0.3, 0.4) is 0 Å². The highest BCUT2D eigenvalue weighted by Crippen LogP contribution is 2.41. The maximum absolute atomic E-state index is 11.6. The van der Waals surface area contributed by atoms with Crippen LogP contribution in [0.4, 0.5) is 0 Å². The summed E-state index contributed by atoms with van der Waals surface area (Å²) in [4.78, 5) is 13.8. The SMILES string of the molecule is CN(C)CCc1ccc(C2(C(=O)O)CCCC2)cc1. The molecule has 1 aromatic carbocycles. The first kappa shape index (κ1) is 14.1. The summed E-state index contributed by atoms with van der Waals surface area (Å²) in [5.41, 5.74) is 1.63. The molecule has 104 valence electrons. The topological polar surface area (TPSA) is 40.5 Å². The third-order valence-corrected chi connectivity index (χ3v) is 4.22. The predicted molar refractivity (Wildman–Crippen MR) is 76.5 cm³/mol. The quantitative estimate of drug-likeness (QED) is 0.886. The number of carboxylic acids is 1. The lowest BCUT2D eigenvalue weighted by atomic mass is 9.78. The van der Waals surface area contributed by atoms with E-state index < -0.39 is 11.4 Å². The molecule has 1 N–H and O–H groups in total. The Labute approximate surface area is 115 Å². The normalized spacial score (nSPS) is 17.8. The molecule has 1 aliphatic carbocycles. The van der Waals surface area contributed by atoms with Gasteiger partial charge in [0, 0.05) is 6.54 Å². The van der Waals surface area contributed by atoms with E-state index in [9.17, 15) is 9.90 Å². The van der Waals surface area contributed by atoms with E-state index in [-0.39, 0.29) is 0 Å². The fourth-order valence-electron chi connectivity index (χ4n) is 2.95. The van der Waals surface area contributed by atoms with Gasteiger partial charge in [0.05, 0.1) is 5.41 Å². The van der Waals surface area contributed by atoms with Crippen molar-refractivity contribution in [1.29, 1.82) is 0 Å². The average Bonchev–Trinajstić information content (AvgIpc) is 2.87. The zero-order valence-corrected chi connectivity index (χ0v) is 11.9. The van der Waals surface area contributed by atoms with Gasteiger partial charge in [0.25, 0.3) is 0 Å². The van der Waals surface area contributed by atoms with Crippen LogP contribution in [-0.2, 0) is 16.6 Å². The number of aliphatic carboxylic acids is 1. The Morgan fingerprint density at radius 1 is 1.21 bits per heavy atom. The van der Waals surface area contributed by atoms with E-state index in [1.807, 2.05) is 12.1 Å². The van der Waals surface area contributed by atoms with Crippen molar-refractivity contribution >= 4 is 5.97 Å². The van der Waals surface area contributed by atoms with Gasteiger partial charge in [-0.3, -0.25) is 4.79 Å². The zero-order chi connectivity index (χ0) is 13.9. The summed E-state index contributed by atoms with van der Waals surface area (Å²) in [5.74, 6) is -0.661. The van der Waals surface area contributed by atoms with Crippen molar-refractivity contribution < 1.29 is 9.90 Å². The van der Waals surface area contributed by atoms with Crippen LogP contribution in [0.1, 0.15) is 36.8 Å². The molecule has 3 heteroatoms. The summed E-state index contributed by atoms with van der Waals surface area (Å²) in [7, 11) is 4.12. The van der Waals surface area contributed by atoms with Crippen molar-refractivity contribution in [2.75, 3.05) is 20.6 Å². The third-order valence-electron chi connectivity index (χ3n) is 4.22. The first-order valence-corrected chi connectivity index (χ1v) is 7.02. The molecular formula is C16H23NO2. The molecule has 1 fully saturated rings. The maximum Gasteiger partial charge on any atom is 0.314 e. The van der Waals surface area contributed by atoms with Crippen LogP contribution in [-0.4, -0.2) is 36.6 Å². The third kappa shape index (κ3) is 2.98. The van der Waals surface area contributed by atoms with Gasteiger partial charge in [-0.25, -0.2) is 0 Å². The lowest BCUT2D eigenvalue weighted by Gasteiger charge is -2.24. The summed E-state index contributed by atoms with van der Waals surface area (Å²) in [6, 6.07) is 8.21. The van der Waals surface area contributed by atoms with Gasteiger partial charge in [0.1, 0.15) is 0 Å². The lowest BCUT2D eigenvalue weighted by molar-refractivity contribution is -0.143. The van der Waals surface area contributed by atoms with Crippen molar-refractivity contribution in [1.82, 2.24) is 4.90 Å². The Morgan fingerprint density at radius 3 is 2.26 bits per heavy atom. The van der Waals surface area contributed by atoms with E-state index in [1.54, 1.807) is 0 Å². The van der Waals surface area contributed by atoms with Gasteiger partial charge < -0.3 is 10.0 Å². The molecule has 0 aliphatic heterocycles. The Bertz CT molecular complexity index is 431. The molecule has 0 radical (unpaired) electrons. The van der Waals surface area contributed by atoms with Crippen LogP contribution in [0.15, 0.2) is 24.3 Å². The lowest BCUT2D eigenvalue weighted by Crippen LogP contribution is -2.32. The predicted octanol–water partition coefficient (Wildman–Crippen LogP) is 2.69. The van der Waals surface area contributed by atoms with Crippen molar-refractivity contribution in [2.45, 2.75) is 37.5 Å². The van der Waals surface area contributed by atoms with Crippen molar-refractivity contribution in [3.63, 3.8) is 0 Å². The van der Waals surface area contributed by atoms with E-state index in [2.05, 4.69) is 31.1 Å². The average molecular weight is 261 g/mol. The van der Waals surface area contributed by atoms with E-state index in [4.69, 9.17) is 0 Å². The summed E-state index contributed by atoms with van der Waals surface area (Å²) < 4.78 is 0. The molecule has 0 aromatic heterocycles. The highest BCUT2D eigenvalue weighted by atomic mass is 16.4. The van der Waals surface area contributed by atoms with Gasteiger partial charge in [0.2, 0.25) is 0 Å². The standard InChI is InChI=1S/C16H23NO2/c1-17(2)12-9-13-5-7-14(8-6-13)16(15(18)19)10-3-4-11-16/h5-8H,3-4,9-12H2,1-2H3,(H,18,19). The molecule has 1 saturated carbocycles. The second-order valence-corrected chi connectivity index (χ2v) is 5.84. The molecule has 0 unspecified atom stereocenters. The van der Waals surface area contributed by atoms with Crippen LogP contribution >= 0.6 is 0 Å². The van der Waals surface area contributed by atoms with Crippen molar-refractivity contribution in [3.8, 4) is 0 Å². The number of likely N-dealkylation sites (N-methyl/N-ethyl adjacent to an activating group) is 1. The van der Waals surface area contributed by atoms with E-state index in [0.717, 1.165) is 44.2 Å². The smallest absolute Gasteiger partial charge is 0.314 e. The monoisotopic (exact) mass is 261 g/mol. The second kappa shape index (κ2) is 5.74. The highest BCUT2D eigenvalue weighted by molar-refractivity contribution is 5.81. The summed E-state index contributed by atoms with van der Waals surface area (Å²) in [6.45, 7) is 1.02. The number of hydrogen-bond acceptors (Lipinski definition) is 2. The number of rotatable bonds is 5. The van der Waals surface area contributed by atoms with Gasteiger partial charge in [-0.05, 0) is 44.5 Å². The largest absolute Gasteiger partial charge is 0.481 e. The maximum atomic E-state index is 11.6. The summed E-state index contributed by atoms with van der Waals surface area (Å²) in [6.07, 6.45) is 4.61. The molecule has 0 bridgehead atoms. The fraction of sp³-hybridized carbons (Fsp3) is 0.562. The Kier molecular flexibility index (Phi) is 4.25. The summed E-state index contributed by atoms with van der Waals surface area (Å²) in [5, 5.41) is 9.56. The number of carboxylic acid groups (broad SMARTS) is 1. The van der Waals surface area contributed by atoms with Gasteiger partial charge >= 0.3 is 5.97 Å². The van der Waals surface area contributed by atoms with Crippen LogP contribution in [0, 0.1) is 0 Å². The number of carbonyl (C=O) groups is 1. The fourth-order valence-corrected chi connectivity index (χ4v) is 2.95. The minimum absolute atomic E-state index is 0.625. The molecule has 0 amide bonds. The molecule has 0 saturated heterocycles. The molecular weight excluding hydrogens is 238 g/mol. The molecule has 1 aromatic rings. The van der Waals surface area contributed by atoms with Crippen LogP contribution in [0.25, 0.3) is 0 Å². The molecule has 0 atom stereocenters. The number of hydrogen-bond donors (Lipinski definition) is 1. The zero-order valence-electron chi connectivity index (χ0n) is 11.9. The minimum atomic E-state index is -0.661. The highest BCUT2D eigenvalue weighted by Gasteiger charge is 2.42. The van der Waals surface area contributed by atoms with Crippen molar-refractivity contribution in [3.05, 3.63) is 35.4 Å². The van der Waals surface area contributed by atoms with Gasteiger partial charge in [0.15, 0.2) is 0 Å². The number of benzene rings is 1. The molecule has 0 spiro atoms. The molecule has 19 heavy (non-hydrogen) atoms. The van der Waals surface area contributed by atoms with Gasteiger partial charge in [-0.1, -0.05) is 37.1 Å². The van der Waals surface area contributed by atoms with E-state index >= 15 is 0 Å². The van der Waals surface area contributed by atoms with Crippen LogP contribution < -0.4 is 0 Å². The minimum Gasteiger partial charge on any atom is -0.481 e.